The van der Waals surface area contributed by atoms with Crippen LogP contribution < -0.4 is 0 Å². The third-order valence-electron chi connectivity index (χ3n) is 2.61. The van der Waals surface area contributed by atoms with Crippen molar-refractivity contribution in [3.63, 3.8) is 0 Å². The molecule has 78 valence electrons. The molecule has 0 amide bonds. The Hall–Kier alpha value is -1.50. The molecule has 1 aromatic heterocycles. The molecular formula is C14H17N. The van der Waals surface area contributed by atoms with Gasteiger partial charge >= 0.3 is 0 Å². The highest BCUT2D eigenvalue weighted by molar-refractivity contribution is 5.38. The van der Waals surface area contributed by atoms with Gasteiger partial charge in [0.1, 0.15) is 0 Å². The van der Waals surface area contributed by atoms with E-state index in [-0.39, 0.29) is 5.41 Å². The Labute approximate surface area is 91.4 Å². The van der Waals surface area contributed by atoms with E-state index in [4.69, 9.17) is 0 Å². The van der Waals surface area contributed by atoms with Gasteiger partial charge in [-0.25, -0.2) is 0 Å². The third-order valence-corrected chi connectivity index (χ3v) is 2.61. The summed E-state index contributed by atoms with van der Waals surface area (Å²) >= 11 is 0. The smallest absolute Gasteiger partial charge is 0.0452 e. The first-order valence-electron chi connectivity index (χ1n) is 5.31. The third kappa shape index (κ3) is 2.12. The molecule has 0 bridgehead atoms. The standard InChI is InChI=1S/C14H17N/c1-14(2,3)12-7-6-8-13(11-12)15-9-4-5-10-15/h4-11H,1-3H3. The Kier molecular flexibility index (Phi) is 2.39. The second-order valence-electron chi connectivity index (χ2n) is 4.89. The summed E-state index contributed by atoms with van der Waals surface area (Å²) in [5.41, 5.74) is 2.81. The lowest BCUT2D eigenvalue weighted by atomic mass is 9.87. The summed E-state index contributed by atoms with van der Waals surface area (Å²) in [7, 11) is 0. The van der Waals surface area contributed by atoms with Crippen molar-refractivity contribution in [3.05, 3.63) is 54.4 Å². The molecule has 0 N–H and O–H groups in total. The summed E-state index contributed by atoms with van der Waals surface area (Å²) in [5, 5.41) is 0. The van der Waals surface area contributed by atoms with Crippen molar-refractivity contribution in [3.8, 4) is 5.69 Å². The fourth-order valence-electron chi connectivity index (χ4n) is 1.64. The molecule has 0 aliphatic carbocycles. The first-order valence-corrected chi connectivity index (χ1v) is 5.31. The van der Waals surface area contributed by atoms with Gasteiger partial charge in [-0.05, 0) is 35.2 Å². The van der Waals surface area contributed by atoms with Gasteiger partial charge in [0.05, 0.1) is 0 Å². The number of rotatable bonds is 1. The molecule has 0 saturated heterocycles. The summed E-state index contributed by atoms with van der Waals surface area (Å²) < 4.78 is 2.13. The van der Waals surface area contributed by atoms with Gasteiger partial charge in [0.25, 0.3) is 0 Å². The van der Waals surface area contributed by atoms with Crippen LogP contribution in [0.1, 0.15) is 26.3 Å². The molecule has 0 radical (unpaired) electrons. The molecular weight excluding hydrogens is 182 g/mol. The molecule has 2 rings (SSSR count). The van der Waals surface area contributed by atoms with Crippen molar-refractivity contribution in [1.82, 2.24) is 4.57 Å². The summed E-state index contributed by atoms with van der Waals surface area (Å²) in [6, 6.07) is 12.8. The molecule has 0 atom stereocenters. The van der Waals surface area contributed by atoms with E-state index in [9.17, 15) is 0 Å². The zero-order chi connectivity index (χ0) is 10.9. The first kappa shape index (κ1) is 10.0. The molecule has 1 nitrogen and oxygen atoms in total. The molecule has 0 saturated carbocycles. The summed E-state index contributed by atoms with van der Waals surface area (Å²) in [6.45, 7) is 6.71. The van der Waals surface area contributed by atoms with E-state index in [1.807, 2.05) is 12.1 Å². The van der Waals surface area contributed by atoms with E-state index in [1.54, 1.807) is 0 Å². The Morgan fingerprint density at radius 3 is 2.20 bits per heavy atom. The quantitative estimate of drug-likeness (QED) is 0.658. The van der Waals surface area contributed by atoms with Crippen LogP contribution in [0.4, 0.5) is 0 Å². The van der Waals surface area contributed by atoms with Crippen LogP contribution in [0.15, 0.2) is 48.8 Å². The maximum absolute atomic E-state index is 2.25. The SMILES string of the molecule is CC(C)(C)c1cccc(-n2cccc2)c1. The highest BCUT2D eigenvalue weighted by atomic mass is 14.9. The lowest BCUT2D eigenvalue weighted by Gasteiger charge is -2.19. The first-order chi connectivity index (χ1) is 7.07. The summed E-state index contributed by atoms with van der Waals surface area (Å²) in [6.07, 6.45) is 4.14. The number of hydrogen-bond acceptors (Lipinski definition) is 0. The number of benzene rings is 1. The van der Waals surface area contributed by atoms with Crippen LogP contribution in [0.5, 0.6) is 0 Å². The molecule has 1 aromatic carbocycles. The lowest BCUT2D eigenvalue weighted by Crippen LogP contribution is -2.11. The van der Waals surface area contributed by atoms with E-state index in [0.29, 0.717) is 0 Å². The molecule has 0 aliphatic heterocycles. The van der Waals surface area contributed by atoms with Crippen molar-refractivity contribution in [2.75, 3.05) is 0 Å². The fourth-order valence-corrected chi connectivity index (χ4v) is 1.64. The minimum atomic E-state index is 0.211. The molecule has 1 heteroatoms. The van der Waals surface area contributed by atoms with Crippen LogP contribution in [-0.2, 0) is 5.41 Å². The Balaban J connectivity index is 2.44. The maximum atomic E-state index is 2.25. The fraction of sp³-hybridized carbons (Fsp3) is 0.286. The van der Waals surface area contributed by atoms with Crippen molar-refractivity contribution >= 4 is 0 Å². The van der Waals surface area contributed by atoms with Crippen molar-refractivity contribution < 1.29 is 0 Å². The molecule has 0 fully saturated rings. The Morgan fingerprint density at radius 2 is 1.60 bits per heavy atom. The molecule has 1 heterocycles. The minimum Gasteiger partial charge on any atom is -0.324 e. The van der Waals surface area contributed by atoms with Crippen molar-refractivity contribution in [1.29, 1.82) is 0 Å². The monoisotopic (exact) mass is 199 g/mol. The van der Waals surface area contributed by atoms with Gasteiger partial charge in [0, 0.05) is 18.1 Å². The van der Waals surface area contributed by atoms with Crippen LogP contribution in [0.2, 0.25) is 0 Å². The van der Waals surface area contributed by atoms with Crippen molar-refractivity contribution in [2.45, 2.75) is 26.2 Å². The molecule has 15 heavy (non-hydrogen) atoms. The predicted octanol–water partition coefficient (Wildman–Crippen LogP) is 3.77. The van der Waals surface area contributed by atoms with E-state index >= 15 is 0 Å². The topological polar surface area (TPSA) is 4.93 Å². The van der Waals surface area contributed by atoms with Gasteiger partial charge in [0.2, 0.25) is 0 Å². The molecule has 0 spiro atoms. The zero-order valence-electron chi connectivity index (χ0n) is 9.57. The van der Waals surface area contributed by atoms with Crippen LogP contribution >= 0.6 is 0 Å². The Bertz CT molecular complexity index is 433. The van der Waals surface area contributed by atoms with Crippen molar-refractivity contribution in [2.24, 2.45) is 0 Å². The maximum Gasteiger partial charge on any atom is 0.0452 e. The average Bonchev–Trinajstić information content (AvgIpc) is 2.69. The largest absolute Gasteiger partial charge is 0.324 e. The van der Waals surface area contributed by atoms with Gasteiger partial charge in [-0.2, -0.15) is 0 Å². The highest BCUT2D eigenvalue weighted by Gasteiger charge is 2.13. The number of nitrogens with zero attached hydrogens (tertiary/aromatic N) is 1. The van der Waals surface area contributed by atoms with Gasteiger partial charge in [-0.3, -0.25) is 0 Å². The van der Waals surface area contributed by atoms with Gasteiger partial charge in [-0.15, -0.1) is 0 Å². The second-order valence-corrected chi connectivity index (χ2v) is 4.89. The van der Waals surface area contributed by atoms with Crippen LogP contribution in [0.25, 0.3) is 5.69 Å². The predicted molar refractivity (Wildman–Crippen MR) is 64.5 cm³/mol. The van der Waals surface area contributed by atoms with E-state index in [1.165, 1.54) is 11.3 Å². The molecule has 2 aromatic rings. The minimum absolute atomic E-state index is 0.211. The van der Waals surface area contributed by atoms with Gasteiger partial charge in [0.15, 0.2) is 0 Å². The normalized spacial score (nSPS) is 11.7. The average molecular weight is 199 g/mol. The lowest BCUT2D eigenvalue weighted by molar-refractivity contribution is 0.590. The highest BCUT2D eigenvalue weighted by Crippen LogP contribution is 2.24. The summed E-state index contributed by atoms with van der Waals surface area (Å²) in [4.78, 5) is 0. The number of hydrogen-bond donors (Lipinski definition) is 0. The summed E-state index contributed by atoms with van der Waals surface area (Å²) in [5.74, 6) is 0. The van der Waals surface area contributed by atoms with Gasteiger partial charge in [-0.1, -0.05) is 32.9 Å². The van der Waals surface area contributed by atoms with E-state index in [0.717, 1.165) is 0 Å². The zero-order valence-corrected chi connectivity index (χ0v) is 9.57. The van der Waals surface area contributed by atoms with E-state index < -0.39 is 0 Å². The number of aromatic nitrogens is 1. The van der Waals surface area contributed by atoms with Crippen LogP contribution in [0.3, 0.4) is 0 Å². The van der Waals surface area contributed by atoms with E-state index in [2.05, 4.69) is 62.0 Å². The molecule has 0 unspecified atom stereocenters. The van der Waals surface area contributed by atoms with Crippen LogP contribution in [0, 0.1) is 0 Å². The Morgan fingerprint density at radius 1 is 0.933 bits per heavy atom. The second kappa shape index (κ2) is 3.58. The molecule has 0 aliphatic rings. The van der Waals surface area contributed by atoms with Gasteiger partial charge < -0.3 is 4.57 Å². The van der Waals surface area contributed by atoms with Crippen LogP contribution in [-0.4, -0.2) is 4.57 Å².